The zero-order valence-electron chi connectivity index (χ0n) is 13.5. The van der Waals surface area contributed by atoms with Gasteiger partial charge in [0.15, 0.2) is 0 Å². The molecule has 0 aliphatic carbocycles. The standard InChI is InChI=1S/C18H28N2S/c1-4-5-8-11-19-12-14-20(15-13-19)16(2)17-9-6-7-10-18(17)21-3/h6-7,9-10H,2,4-5,8,11-15H2,1,3H3. The molecule has 0 saturated carbocycles. The van der Waals surface area contributed by atoms with Crippen molar-refractivity contribution in [2.24, 2.45) is 0 Å². The largest absolute Gasteiger partial charge is 0.369 e. The van der Waals surface area contributed by atoms with Crippen LogP contribution in [0.3, 0.4) is 0 Å². The van der Waals surface area contributed by atoms with E-state index in [-0.39, 0.29) is 0 Å². The molecule has 1 fully saturated rings. The van der Waals surface area contributed by atoms with Crippen molar-refractivity contribution < 1.29 is 0 Å². The van der Waals surface area contributed by atoms with Crippen LogP contribution in [0.1, 0.15) is 31.7 Å². The third-order valence-electron chi connectivity index (χ3n) is 4.25. The van der Waals surface area contributed by atoms with Gasteiger partial charge in [-0.3, -0.25) is 4.90 Å². The summed E-state index contributed by atoms with van der Waals surface area (Å²) in [6.45, 7) is 12.4. The summed E-state index contributed by atoms with van der Waals surface area (Å²) in [6, 6.07) is 8.60. The Morgan fingerprint density at radius 1 is 1.14 bits per heavy atom. The van der Waals surface area contributed by atoms with Crippen LogP contribution < -0.4 is 0 Å². The summed E-state index contributed by atoms with van der Waals surface area (Å²) >= 11 is 1.80. The maximum absolute atomic E-state index is 4.35. The molecule has 0 aromatic heterocycles. The van der Waals surface area contributed by atoms with E-state index in [9.17, 15) is 0 Å². The molecule has 0 radical (unpaired) electrons. The molecule has 2 rings (SSSR count). The van der Waals surface area contributed by atoms with Crippen molar-refractivity contribution >= 4 is 17.5 Å². The summed E-state index contributed by atoms with van der Waals surface area (Å²) in [6.07, 6.45) is 6.14. The van der Waals surface area contributed by atoms with E-state index in [1.54, 1.807) is 11.8 Å². The number of rotatable bonds is 7. The first-order valence-corrected chi connectivity index (χ1v) is 9.28. The lowest BCUT2D eigenvalue weighted by molar-refractivity contribution is 0.173. The van der Waals surface area contributed by atoms with Gasteiger partial charge in [0.05, 0.1) is 0 Å². The molecule has 1 aromatic carbocycles. The van der Waals surface area contributed by atoms with Crippen LogP contribution in [0, 0.1) is 0 Å². The quantitative estimate of drug-likeness (QED) is 0.551. The smallest absolute Gasteiger partial charge is 0.0379 e. The summed E-state index contributed by atoms with van der Waals surface area (Å²) in [7, 11) is 0. The van der Waals surface area contributed by atoms with Crippen LogP contribution >= 0.6 is 11.8 Å². The van der Waals surface area contributed by atoms with E-state index in [2.05, 4.69) is 53.8 Å². The van der Waals surface area contributed by atoms with Crippen molar-refractivity contribution in [3.05, 3.63) is 36.4 Å². The molecule has 0 N–H and O–H groups in total. The molecule has 3 heteroatoms. The third kappa shape index (κ3) is 4.52. The Labute approximate surface area is 134 Å². The van der Waals surface area contributed by atoms with Gasteiger partial charge in [-0.1, -0.05) is 44.5 Å². The molecule has 1 saturated heterocycles. The van der Waals surface area contributed by atoms with Gasteiger partial charge in [0.1, 0.15) is 0 Å². The van der Waals surface area contributed by atoms with E-state index < -0.39 is 0 Å². The fourth-order valence-corrected chi connectivity index (χ4v) is 3.50. The number of nitrogens with zero attached hydrogens (tertiary/aromatic N) is 2. The van der Waals surface area contributed by atoms with Crippen molar-refractivity contribution in [2.75, 3.05) is 39.0 Å². The van der Waals surface area contributed by atoms with Crippen LogP contribution in [-0.4, -0.2) is 48.8 Å². The predicted molar refractivity (Wildman–Crippen MR) is 94.8 cm³/mol. The molecular formula is C18H28N2S. The topological polar surface area (TPSA) is 6.48 Å². The minimum atomic E-state index is 1.10. The number of thioether (sulfide) groups is 1. The highest BCUT2D eigenvalue weighted by Crippen LogP contribution is 2.28. The molecule has 1 aliphatic heterocycles. The first kappa shape index (κ1) is 16.4. The Morgan fingerprint density at radius 3 is 2.52 bits per heavy atom. The number of piperazine rings is 1. The first-order chi connectivity index (χ1) is 10.3. The van der Waals surface area contributed by atoms with Crippen molar-refractivity contribution in [3.63, 3.8) is 0 Å². The lowest BCUT2D eigenvalue weighted by atomic mass is 10.1. The number of hydrogen-bond donors (Lipinski definition) is 0. The number of unbranched alkanes of at least 4 members (excludes halogenated alkanes) is 2. The van der Waals surface area contributed by atoms with Crippen LogP contribution in [0.5, 0.6) is 0 Å². The maximum Gasteiger partial charge on any atom is 0.0379 e. The molecule has 0 amide bonds. The molecule has 0 spiro atoms. The minimum absolute atomic E-state index is 1.10. The molecule has 1 heterocycles. The summed E-state index contributed by atoms with van der Waals surface area (Å²) in [5, 5.41) is 0. The fourth-order valence-electron chi connectivity index (χ4n) is 2.88. The molecule has 2 nitrogen and oxygen atoms in total. The van der Waals surface area contributed by atoms with Gasteiger partial charge in [0.25, 0.3) is 0 Å². The Kier molecular flexibility index (Phi) is 6.65. The first-order valence-electron chi connectivity index (χ1n) is 8.06. The second kappa shape index (κ2) is 8.50. The van der Waals surface area contributed by atoms with Gasteiger partial charge >= 0.3 is 0 Å². The van der Waals surface area contributed by atoms with Gasteiger partial charge in [0, 0.05) is 42.3 Å². The van der Waals surface area contributed by atoms with Gasteiger partial charge < -0.3 is 4.90 Å². The van der Waals surface area contributed by atoms with Crippen molar-refractivity contribution in [3.8, 4) is 0 Å². The highest BCUT2D eigenvalue weighted by molar-refractivity contribution is 7.98. The van der Waals surface area contributed by atoms with Crippen LogP contribution in [0.15, 0.2) is 35.7 Å². The maximum atomic E-state index is 4.35. The fraction of sp³-hybridized carbons (Fsp3) is 0.556. The highest BCUT2D eigenvalue weighted by atomic mass is 32.2. The molecule has 1 aromatic rings. The van der Waals surface area contributed by atoms with Crippen molar-refractivity contribution in [1.29, 1.82) is 0 Å². The van der Waals surface area contributed by atoms with Crippen LogP contribution in [0.4, 0.5) is 0 Å². The predicted octanol–water partition coefficient (Wildman–Crippen LogP) is 4.19. The van der Waals surface area contributed by atoms with Gasteiger partial charge in [-0.15, -0.1) is 11.8 Å². The second-order valence-corrected chi connectivity index (χ2v) is 6.53. The van der Waals surface area contributed by atoms with Crippen LogP contribution in [0.2, 0.25) is 0 Å². The van der Waals surface area contributed by atoms with Crippen LogP contribution in [-0.2, 0) is 0 Å². The van der Waals surface area contributed by atoms with E-state index in [4.69, 9.17) is 0 Å². The zero-order valence-corrected chi connectivity index (χ0v) is 14.3. The van der Waals surface area contributed by atoms with Crippen molar-refractivity contribution in [1.82, 2.24) is 9.80 Å². The third-order valence-corrected chi connectivity index (χ3v) is 5.05. The average Bonchev–Trinajstić information content (AvgIpc) is 2.55. The summed E-state index contributed by atoms with van der Waals surface area (Å²) in [4.78, 5) is 6.37. The van der Waals surface area contributed by atoms with Gasteiger partial charge in [-0.05, 0) is 25.3 Å². The van der Waals surface area contributed by atoms with Crippen molar-refractivity contribution in [2.45, 2.75) is 31.1 Å². The van der Waals surface area contributed by atoms with Gasteiger partial charge in [0.2, 0.25) is 0 Å². The number of benzene rings is 1. The molecule has 116 valence electrons. The molecule has 0 bridgehead atoms. The van der Waals surface area contributed by atoms with E-state index in [0.29, 0.717) is 0 Å². The minimum Gasteiger partial charge on any atom is -0.369 e. The van der Waals surface area contributed by atoms with E-state index in [0.717, 1.165) is 13.1 Å². The Morgan fingerprint density at radius 2 is 1.86 bits per heavy atom. The lowest BCUT2D eigenvalue weighted by Crippen LogP contribution is -2.45. The van der Waals surface area contributed by atoms with Gasteiger partial charge in [-0.2, -0.15) is 0 Å². The monoisotopic (exact) mass is 304 g/mol. The Balaban J connectivity index is 1.88. The highest BCUT2D eigenvalue weighted by Gasteiger charge is 2.19. The number of hydrogen-bond acceptors (Lipinski definition) is 3. The van der Waals surface area contributed by atoms with E-state index in [1.165, 1.54) is 55.1 Å². The molecule has 21 heavy (non-hydrogen) atoms. The molecule has 0 unspecified atom stereocenters. The molecular weight excluding hydrogens is 276 g/mol. The van der Waals surface area contributed by atoms with E-state index in [1.807, 2.05) is 0 Å². The second-order valence-electron chi connectivity index (χ2n) is 5.68. The summed E-state index contributed by atoms with van der Waals surface area (Å²) in [5.74, 6) is 0. The summed E-state index contributed by atoms with van der Waals surface area (Å²) in [5.41, 5.74) is 2.48. The SMILES string of the molecule is C=C(c1ccccc1SC)N1CCN(CCCCC)CC1. The Hall–Kier alpha value is -0.930. The van der Waals surface area contributed by atoms with Crippen LogP contribution in [0.25, 0.3) is 5.70 Å². The normalized spacial score (nSPS) is 16.2. The molecule has 1 aliphatic rings. The summed E-state index contributed by atoms with van der Waals surface area (Å²) < 4.78 is 0. The Bertz CT molecular complexity index is 450. The molecule has 0 atom stereocenters. The van der Waals surface area contributed by atoms with E-state index >= 15 is 0 Å². The lowest BCUT2D eigenvalue weighted by Gasteiger charge is -2.37. The zero-order chi connectivity index (χ0) is 15.1. The van der Waals surface area contributed by atoms with Gasteiger partial charge in [-0.25, -0.2) is 0 Å². The average molecular weight is 305 g/mol.